The topological polar surface area (TPSA) is 49.3 Å². The monoisotopic (exact) mass is 344 g/mol. The van der Waals surface area contributed by atoms with Crippen LogP contribution in [0.2, 0.25) is 0 Å². The third-order valence-electron chi connectivity index (χ3n) is 5.31. The normalized spacial score (nSPS) is 18.7. The first-order chi connectivity index (χ1) is 11.6. The summed E-state index contributed by atoms with van der Waals surface area (Å²) in [5, 5.41) is 1.19. The Kier molecular flexibility index (Phi) is 4.16. The molecule has 5 nitrogen and oxygen atoms in total. The standard InChI is InChI=1S/C18H24N4OS/c1-21(2)16-15-13-8-9-22(18(23)12-6-4-3-5-7-12)10-14(13)24-17(15)20-11-19-16/h11-12H,3-10H2,1-2H3. The zero-order chi connectivity index (χ0) is 16.7. The van der Waals surface area contributed by atoms with Crippen molar-refractivity contribution in [2.24, 2.45) is 5.92 Å². The number of carbonyl (C=O) groups excluding carboxylic acids is 1. The average Bonchev–Trinajstić information content (AvgIpc) is 2.99. The fourth-order valence-corrected chi connectivity index (χ4v) is 5.24. The number of aromatic nitrogens is 2. The highest BCUT2D eigenvalue weighted by atomic mass is 32.1. The quantitative estimate of drug-likeness (QED) is 0.839. The molecule has 24 heavy (non-hydrogen) atoms. The number of rotatable bonds is 2. The van der Waals surface area contributed by atoms with Crippen molar-refractivity contribution in [2.45, 2.75) is 45.1 Å². The molecule has 128 valence electrons. The molecule has 0 unspecified atom stereocenters. The Balaban J connectivity index is 1.62. The van der Waals surface area contributed by atoms with Gasteiger partial charge in [-0.1, -0.05) is 19.3 Å². The molecule has 1 saturated carbocycles. The zero-order valence-corrected chi connectivity index (χ0v) is 15.2. The molecule has 3 heterocycles. The summed E-state index contributed by atoms with van der Waals surface area (Å²) in [4.78, 5) is 28.2. The van der Waals surface area contributed by atoms with E-state index in [4.69, 9.17) is 0 Å². The summed E-state index contributed by atoms with van der Waals surface area (Å²) in [6, 6.07) is 0. The van der Waals surface area contributed by atoms with E-state index < -0.39 is 0 Å². The molecule has 0 aromatic carbocycles. The van der Waals surface area contributed by atoms with Crippen LogP contribution >= 0.6 is 11.3 Å². The van der Waals surface area contributed by atoms with Crippen LogP contribution in [0.3, 0.4) is 0 Å². The van der Waals surface area contributed by atoms with Crippen LogP contribution in [0.5, 0.6) is 0 Å². The van der Waals surface area contributed by atoms with E-state index >= 15 is 0 Å². The van der Waals surface area contributed by atoms with Gasteiger partial charge in [0, 0.05) is 31.4 Å². The van der Waals surface area contributed by atoms with Gasteiger partial charge in [0.15, 0.2) is 0 Å². The van der Waals surface area contributed by atoms with Gasteiger partial charge < -0.3 is 9.80 Å². The number of thiophene rings is 1. The molecule has 1 amide bonds. The summed E-state index contributed by atoms with van der Waals surface area (Å²) in [5.74, 6) is 1.62. The van der Waals surface area contributed by atoms with Crippen LogP contribution in [0.4, 0.5) is 5.82 Å². The number of nitrogens with zero attached hydrogens (tertiary/aromatic N) is 4. The van der Waals surface area contributed by atoms with E-state index in [9.17, 15) is 4.79 Å². The molecule has 2 aromatic heterocycles. The molecule has 4 rings (SSSR count). The predicted octanol–water partition coefficient (Wildman–Crippen LogP) is 3.22. The Morgan fingerprint density at radius 1 is 1.25 bits per heavy atom. The van der Waals surface area contributed by atoms with Crippen molar-refractivity contribution >= 4 is 33.3 Å². The number of fused-ring (bicyclic) bond motifs is 3. The molecule has 1 fully saturated rings. The second kappa shape index (κ2) is 6.31. The third kappa shape index (κ3) is 2.66. The van der Waals surface area contributed by atoms with Gasteiger partial charge >= 0.3 is 0 Å². The Labute approximate surface area is 146 Å². The first-order valence-electron chi connectivity index (χ1n) is 8.86. The van der Waals surface area contributed by atoms with Gasteiger partial charge in [0.05, 0.1) is 11.9 Å². The fraction of sp³-hybridized carbons (Fsp3) is 0.611. The van der Waals surface area contributed by atoms with Crippen molar-refractivity contribution in [3.63, 3.8) is 0 Å². The first-order valence-corrected chi connectivity index (χ1v) is 9.68. The summed E-state index contributed by atoms with van der Waals surface area (Å²) in [5.41, 5.74) is 1.35. The summed E-state index contributed by atoms with van der Waals surface area (Å²) in [7, 11) is 4.04. The zero-order valence-electron chi connectivity index (χ0n) is 14.4. The Hall–Kier alpha value is -1.69. The molecule has 0 N–H and O–H groups in total. The van der Waals surface area contributed by atoms with Crippen LogP contribution in [0.15, 0.2) is 6.33 Å². The van der Waals surface area contributed by atoms with E-state index in [1.54, 1.807) is 17.7 Å². The van der Waals surface area contributed by atoms with Crippen LogP contribution in [0.1, 0.15) is 42.5 Å². The van der Waals surface area contributed by atoms with E-state index in [-0.39, 0.29) is 5.92 Å². The van der Waals surface area contributed by atoms with Crippen molar-refractivity contribution in [1.82, 2.24) is 14.9 Å². The molecule has 6 heteroatoms. The van der Waals surface area contributed by atoms with E-state index in [0.29, 0.717) is 5.91 Å². The smallest absolute Gasteiger partial charge is 0.226 e. The molecule has 0 bridgehead atoms. The minimum atomic E-state index is 0.256. The number of hydrogen-bond donors (Lipinski definition) is 0. The van der Waals surface area contributed by atoms with Crippen molar-refractivity contribution in [2.75, 3.05) is 25.5 Å². The van der Waals surface area contributed by atoms with Crippen molar-refractivity contribution in [3.8, 4) is 0 Å². The molecular formula is C18H24N4OS. The van der Waals surface area contributed by atoms with Crippen LogP contribution in [-0.4, -0.2) is 41.4 Å². The maximum absolute atomic E-state index is 12.8. The first kappa shape index (κ1) is 15.8. The minimum absolute atomic E-state index is 0.256. The highest BCUT2D eigenvalue weighted by molar-refractivity contribution is 7.19. The molecular weight excluding hydrogens is 320 g/mol. The lowest BCUT2D eigenvalue weighted by molar-refractivity contribution is -0.137. The van der Waals surface area contributed by atoms with Crippen LogP contribution < -0.4 is 4.90 Å². The maximum atomic E-state index is 12.8. The van der Waals surface area contributed by atoms with Crippen molar-refractivity contribution in [1.29, 1.82) is 0 Å². The van der Waals surface area contributed by atoms with Gasteiger partial charge in [-0.2, -0.15) is 0 Å². The van der Waals surface area contributed by atoms with Crippen molar-refractivity contribution in [3.05, 3.63) is 16.8 Å². The summed E-state index contributed by atoms with van der Waals surface area (Å²) in [6.07, 6.45) is 8.42. The van der Waals surface area contributed by atoms with Gasteiger partial charge in [-0.25, -0.2) is 9.97 Å². The molecule has 2 aromatic rings. The van der Waals surface area contributed by atoms with Gasteiger partial charge in [0.1, 0.15) is 17.0 Å². The molecule has 0 spiro atoms. The average molecular weight is 344 g/mol. The molecule has 0 atom stereocenters. The number of amides is 1. The molecule has 1 aliphatic carbocycles. The van der Waals surface area contributed by atoms with Crippen LogP contribution in [-0.2, 0) is 17.8 Å². The summed E-state index contributed by atoms with van der Waals surface area (Å²) < 4.78 is 0. The lowest BCUT2D eigenvalue weighted by Crippen LogP contribution is -2.39. The van der Waals surface area contributed by atoms with Gasteiger partial charge in [-0.15, -0.1) is 11.3 Å². The molecule has 2 aliphatic rings. The van der Waals surface area contributed by atoms with Gasteiger partial charge in [0.2, 0.25) is 5.91 Å². The number of anilines is 1. The highest BCUT2D eigenvalue weighted by Gasteiger charge is 2.30. The van der Waals surface area contributed by atoms with E-state index in [0.717, 1.165) is 43.0 Å². The highest BCUT2D eigenvalue weighted by Crippen LogP contribution is 2.38. The van der Waals surface area contributed by atoms with E-state index in [1.807, 2.05) is 14.1 Å². The minimum Gasteiger partial charge on any atom is -0.362 e. The van der Waals surface area contributed by atoms with E-state index in [1.165, 1.54) is 35.1 Å². The van der Waals surface area contributed by atoms with Gasteiger partial charge in [-0.05, 0) is 24.8 Å². The summed E-state index contributed by atoms with van der Waals surface area (Å²) >= 11 is 1.73. The largest absolute Gasteiger partial charge is 0.362 e. The van der Waals surface area contributed by atoms with E-state index in [2.05, 4.69) is 19.8 Å². The number of hydrogen-bond acceptors (Lipinski definition) is 5. The second-order valence-electron chi connectivity index (χ2n) is 7.12. The van der Waals surface area contributed by atoms with Crippen LogP contribution in [0, 0.1) is 5.92 Å². The van der Waals surface area contributed by atoms with Gasteiger partial charge in [0.25, 0.3) is 0 Å². The summed E-state index contributed by atoms with van der Waals surface area (Å²) in [6.45, 7) is 1.58. The lowest BCUT2D eigenvalue weighted by atomic mass is 9.88. The molecule has 1 aliphatic heterocycles. The molecule has 0 saturated heterocycles. The lowest BCUT2D eigenvalue weighted by Gasteiger charge is -2.32. The third-order valence-corrected chi connectivity index (χ3v) is 6.43. The second-order valence-corrected chi connectivity index (χ2v) is 8.20. The Morgan fingerprint density at radius 2 is 2.04 bits per heavy atom. The maximum Gasteiger partial charge on any atom is 0.226 e. The molecule has 0 radical (unpaired) electrons. The van der Waals surface area contributed by atoms with Gasteiger partial charge in [-0.3, -0.25) is 4.79 Å². The number of carbonyl (C=O) groups is 1. The Bertz CT molecular complexity index is 764. The van der Waals surface area contributed by atoms with Crippen LogP contribution in [0.25, 0.3) is 10.2 Å². The Morgan fingerprint density at radius 3 is 2.79 bits per heavy atom. The SMILES string of the molecule is CN(C)c1ncnc2sc3c(c12)CCN(C(=O)C1CCCCC1)C3. The predicted molar refractivity (Wildman–Crippen MR) is 97.4 cm³/mol. The van der Waals surface area contributed by atoms with Crippen molar-refractivity contribution < 1.29 is 4.79 Å². The fourth-order valence-electron chi connectivity index (χ4n) is 4.05.